The van der Waals surface area contributed by atoms with Crippen molar-refractivity contribution in [3.63, 3.8) is 0 Å². The highest BCUT2D eigenvalue weighted by Gasteiger charge is 2.03. The summed E-state index contributed by atoms with van der Waals surface area (Å²) in [7, 11) is 0. The largest absolute Gasteiger partial charge is 0.357 e. The summed E-state index contributed by atoms with van der Waals surface area (Å²) in [4.78, 5) is 9.21. The van der Waals surface area contributed by atoms with E-state index in [-0.39, 0.29) is 24.0 Å². The van der Waals surface area contributed by atoms with Crippen LogP contribution in [0.25, 0.3) is 5.65 Å². The van der Waals surface area contributed by atoms with E-state index < -0.39 is 0 Å². The van der Waals surface area contributed by atoms with Crippen LogP contribution < -0.4 is 10.6 Å². The van der Waals surface area contributed by atoms with Gasteiger partial charge in [0.2, 0.25) is 0 Å². The molecule has 138 valence electrons. The van der Waals surface area contributed by atoms with E-state index >= 15 is 0 Å². The fourth-order valence-corrected chi connectivity index (χ4v) is 2.74. The van der Waals surface area contributed by atoms with E-state index in [1.165, 1.54) is 0 Å². The van der Waals surface area contributed by atoms with Crippen LogP contribution in [0.1, 0.15) is 18.2 Å². The maximum atomic E-state index is 6.19. The fourth-order valence-electron chi connectivity index (χ4n) is 2.55. The molecule has 0 atom stereocenters. The third-order valence-corrected chi connectivity index (χ3v) is 4.17. The minimum Gasteiger partial charge on any atom is -0.357 e. The summed E-state index contributed by atoms with van der Waals surface area (Å²) in [6.07, 6.45) is 4.90. The molecule has 0 fully saturated rings. The molecule has 3 rings (SSSR count). The average molecular weight is 484 g/mol. The summed E-state index contributed by atoms with van der Waals surface area (Å²) >= 11 is 6.19. The zero-order chi connectivity index (χ0) is 17.5. The number of aromatic nitrogens is 2. The van der Waals surface area contributed by atoms with E-state index in [2.05, 4.69) is 33.7 Å². The van der Waals surface area contributed by atoms with Gasteiger partial charge in [0.05, 0.1) is 12.2 Å². The molecule has 0 saturated heterocycles. The first-order valence-electron chi connectivity index (χ1n) is 8.44. The molecule has 2 N–H and O–H groups in total. The van der Waals surface area contributed by atoms with Gasteiger partial charge in [0.25, 0.3) is 0 Å². The smallest absolute Gasteiger partial charge is 0.191 e. The number of hydrogen-bond donors (Lipinski definition) is 2. The number of pyridine rings is 1. The molecule has 0 bridgehead atoms. The zero-order valence-corrected chi connectivity index (χ0v) is 17.7. The predicted molar refractivity (Wildman–Crippen MR) is 119 cm³/mol. The highest BCUT2D eigenvalue weighted by molar-refractivity contribution is 14.0. The van der Waals surface area contributed by atoms with Crippen LogP contribution in [0.3, 0.4) is 0 Å². The monoisotopic (exact) mass is 483 g/mol. The highest BCUT2D eigenvalue weighted by Crippen LogP contribution is 2.15. The van der Waals surface area contributed by atoms with E-state index in [0.29, 0.717) is 6.54 Å². The summed E-state index contributed by atoms with van der Waals surface area (Å²) in [5.74, 6) is 0.784. The van der Waals surface area contributed by atoms with Crippen molar-refractivity contribution >= 4 is 47.2 Å². The number of guanidine groups is 1. The van der Waals surface area contributed by atoms with Crippen LogP contribution in [0.2, 0.25) is 5.02 Å². The Morgan fingerprint density at radius 3 is 2.73 bits per heavy atom. The van der Waals surface area contributed by atoms with Crippen molar-refractivity contribution in [1.29, 1.82) is 0 Å². The third kappa shape index (κ3) is 5.60. The Balaban J connectivity index is 0.00000243. The second-order valence-corrected chi connectivity index (χ2v) is 6.07. The summed E-state index contributed by atoms with van der Waals surface area (Å²) in [5.41, 5.74) is 3.04. The van der Waals surface area contributed by atoms with Crippen LogP contribution in [0.5, 0.6) is 0 Å². The molecule has 26 heavy (non-hydrogen) atoms. The number of hydrogen-bond acceptors (Lipinski definition) is 2. The highest BCUT2D eigenvalue weighted by atomic mass is 127. The van der Waals surface area contributed by atoms with Crippen LogP contribution in [0.4, 0.5) is 0 Å². The van der Waals surface area contributed by atoms with Crippen molar-refractivity contribution in [3.05, 3.63) is 71.1 Å². The number of halogens is 2. The average Bonchev–Trinajstić information content (AvgIpc) is 3.03. The lowest BCUT2D eigenvalue weighted by Crippen LogP contribution is -2.38. The quantitative estimate of drug-likeness (QED) is 0.318. The van der Waals surface area contributed by atoms with Gasteiger partial charge < -0.3 is 15.0 Å². The predicted octanol–water partition coefficient (Wildman–Crippen LogP) is 3.90. The van der Waals surface area contributed by atoms with Crippen LogP contribution in [0.15, 0.2) is 59.9 Å². The van der Waals surface area contributed by atoms with Gasteiger partial charge >= 0.3 is 0 Å². The van der Waals surface area contributed by atoms with Crippen molar-refractivity contribution < 1.29 is 0 Å². The number of nitrogens with one attached hydrogen (secondary N) is 2. The molecular formula is C19H23ClIN5. The molecule has 0 saturated carbocycles. The Kier molecular flexibility index (Phi) is 8.18. The molecule has 2 aromatic heterocycles. The van der Waals surface area contributed by atoms with Crippen LogP contribution >= 0.6 is 35.6 Å². The van der Waals surface area contributed by atoms with Crippen molar-refractivity contribution in [2.45, 2.75) is 19.9 Å². The molecular weight excluding hydrogens is 461 g/mol. The lowest BCUT2D eigenvalue weighted by molar-refractivity contribution is 0.791. The molecule has 0 aliphatic heterocycles. The standard InChI is InChI=1S/C19H22ClN5.HI/c1-2-21-19(23-13-15-7-3-4-8-17(15)20)22-11-10-16-14-25-12-6-5-9-18(25)24-16;/h3-9,12,14H,2,10-11,13H2,1H3,(H2,21,22,23);1H. The first-order chi connectivity index (χ1) is 12.3. The van der Waals surface area contributed by atoms with Gasteiger partial charge in [-0.1, -0.05) is 35.9 Å². The lowest BCUT2D eigenvalue weighted by atomic mass is 10.2. The Hall–Kier alpha value is -1.80. The van der Waals surface area contributed by atoms with Crippen molar-refractivity contribution in [3.8, 4) is 0 Å². The number of fused-ring (bicyclic) bond motifs is 1. The van der Waals surface area contributed by atoms with E-state index in [1.807, 2.05) is 53.1 Å². The first-order valence-corrected chi connectivity index (χ1v) is 8.82. The maximum absolute atomic E-state index is 6.19. The van der Waals surface area contributed by atoms with Gasteiger partial charge in [-0.25, -0.2) is 9.98 Å². The van der Waals surface area contributed by atoms with E-state index in [4.69, 9.17) is 11.6 Å². The Morgan fingerprint density at radius 1 is 1.15 bits per heavy atom. The van der Waals surface area contributed by atoms with Crippen molar-refractivity contribution in [2.24, 2.45) is 4.99 Å². The Bertz CT molecular complexity index is 829. The second-order valence-electron chi connectivity index (χ2n) is 5.66. The summed E-state index contributed by atoms with van der Waals surface area (Å²) in [5, 5.41) is 7.35. The SMILES string of the molecule is CCNC(=NCc1ccccc1Cl)NCCc1cn2ccccc2n1.I. The van der Waals surface area contributed by atoms with E-state index in [0.717, 1.165) is 47.4 Å². The van der Waals surface area contributed by atoms with Crippen LogP contribution in [-0.2, 0) is 13.0 Å². The summed E-state index contributed by atoms with van der Waals surface area (Å²) < 4.78 is 2.03. The number of rotatable bonds is 6. The molecule has 0 spiro atoms. The van der Waals surface area contributed by atoms with E-state index in [1.54, 1.807) is 0 Å². The van der Waals surface area contributed by atoms with Gasteiger partial charge in [-0.05, 0) is 30.7 Å². The van der Waals surface area contributed by atoms with Crippen molar-refractivity contribution in [2.75, 3.05) is 13.1 Å². The molecule has 3 aromatic rings. The van der Waals surface area contributed by atoms with Gasteiger partial charge in [0, 0.05) is 36.9 Å². The molecule has 0 aliphatic rings. The normalized spacial score (nSPS) is 11.2. The Morgan fingerprint density at radius 2 is 1.96 bits per heavy atom. The topological polar surface area (TPSA) is 53.7 Å². The molecule has 0 radical (unpaired) electrons. The zero-order valence-electron chi connectivity index (χ0n) is 14.7. The second kappa shape index (κ2) is 10.4. The molecule has 0 amide bonds. The van der Waals surface area contributed by atoms with Gasteiger partial charge in [0.15, 0.2) is 5.96 Å². The van der Waals surface area contributed by atoms with Crippen molar-refractivity contribution in [1.82, 2.24) is 20.0 Å². The van der Waals surface area contributed by atoms with Gasteiger partial charge in [0.1, 0.15) is 5.65 Å². The minimum atomic E-state index is 0. The van der Waals surface area contributed by atoms with Crippen LogP contribution in [-0.4, -0.2) is 28.4 Å². The third-order valence-electron chi connectivity index (χ3n) is 3.80. The molecule has 7 heteroatoms. The number of imidazole rings is 1. The molecule has 2 heterocycles. The summed E-state index contributed by atoms with van der Waals surface area (Å²) in [6.45, 7) is 4.17. The molecule has 0 aliphatic carbocycles. The molecule has 1 aromatic carbocycles. The van der Waals surface area contributed by atoms with Crippen LogP contribution in [0, 0.1) is 0 Å². The maximum Gasteiger partial charge on any atom is 0.191 e. The van der Waals surface area contributed by atoms with Gasteiger partial charge in [-0.3, -0.25) is 0 Å². The lowest BCUT2D eigenvalue weighted by Gasteiger charge is -2.11. The molecule has 5 nitrogen and oxygen atoms in total. The number of benzene rings is 1. The number of aliphatic imine (C=N–C) groups is 1. The number of nitrogens with zero attached hydrogens (tertiary/aromatic N) is 3. The Labute approximate surface area is 175 Å². The first kappa shape index (κ1) is 20.5. The van der Waals surface area contributed by atoms with E-state index in [9.17, 15) is 0 Å². The van der Waals surface area contributed by atoms with Gasteiger partial charge in [-0.15, -0.1) is 24.0 Å². The van der Waals surface area contributed by atoms with Gasteiger partial charge in [-0.2, -0.15) is 0 Å². The minimum absolute atomic E-state index is 0. The summed E-state index contributed by atoms with van der Waals surface area (Å²) in [6, 6.07) is 13.8. The fraction of sp³-hybridized carbons (Fsp3) is 0.263. The molecule has 0 unspecified atom stereocenters.